The summed E-state index contributed by atoms with van der Waals surface area (Å²) in [4.78, 5) is 6.37. The number of rotatable bonds is 3. The summed E-state index contributed by atoms with van der Waals surface area (Å²) in [5.41, 5.74) is -3.31. The van der Waals surface area contributed by atoms with E-state index in [4.69, 9.17) is 0 Å². The predicted molar refractivity (Wildman–Crippen MR) is 61.4 cm³/mol. The number of nitrogens with zero attached hydrogens (tertiary/aromatic N) is 2. The lowest BCUT2D eigenvalue weighted by Gasteiger charge is -2.15. The van der Waals surface area contributed by atoms with Crippen LogP contribution in [0.15, 0.2) is 41.3 Å². The Morgan fingerprint density at radius 3 is 2.25 bits per heavy atom. The molecule has 0 saturated heterocycles. The quantitative estimate of drug-likeness (QED) is 0.684. The van der Waals surface area contributed by atoms with E-state index in [1.165, 1.54) is 18.3 Å². The summed E-state index contributed by atoms with van der Waals surface area (Å²) in [5, 5.41) is 1.85. The van der Waals surface area contributed by atoms with E-state index in [2.05, 4.69) is 9.98 Å². The maximum atomic E-state index is 12.7. The number of nitrogens with one attached hydrogen (secondary N) is 1. The number of aliphatic imine (C=N–C) groups is 1. The summed E-state index contributed by atoms with van der Waals surface area (Å²) in [6.07, 6.45) is -7.68. The third-order valence-electron chi connectivity index (χ3n) is 2.06. The van der Waals surface area contributed by atoms with Crippen LogP contribution in [-0.2, 0) is 0 Å². The molecule has 9 heteroatoms. The van der Waals surface area contributed by atoms with Crippen molar-refractivity contribution >= 4 is 11.4 Å². The summed E-state index contributed by atoms with van der Waals surface area (Å²) in [7, 11) is 0.761. The zero-order chi connectivity index (χ0) is 15.4. The van der Waals surface area contributed by atoms with Crippen LogP contribution in [0.2, 0.25) is 0 Å². The highest BCUT2D eigenvalue weighted by molar-refractivity contribution is 6.00. The maximum absolute atomic E-state index is 12.7. The Labute approximate surface area is 110 Å². The molecule has 0 saturated carbocycles. The van der Waals surface area contributed by atoms with Crippen LogP contribution in [0.5, 0.6) is 0 Å². The topological polar surface area (TPSA) is 37.3 Å². The molecule has 110 valence electrons. The predicted octanol–water partition coefficient (Wildman–Crippen LogP) is 3.57. The van der Waals surface area contributed by atoms with Gasteiger partial charge in [-0.3, -0.25) is 9.98 Å². The molecule has 0 aliphatic rings. The third-order valence-corrected chi connectivity index (χ3v) is 2.06. The highest BCUT2D eigenvalue weighted by Gasteiger charge is 2.39. The smallest absolute Gasteiger partial charge is 0.350 e. The van der Waals surface area contributed by atoms with Gasteiger partial charge in [-0.2, -0.15) is 26.3 Å². The van der Waals surface area contributed by atoms with Gasteiger partial charge < -0.3 is 5.32 Å². The maximum Gasteiger partial charge on any atom is 0.432 e. The number of alkyl halides is 6. The molecule has 0 radical (unpaired) electrons. The van der Waals surface area contributed by atoms with Gasteiger partial charge in [-0.15, -0.1) is 0 Å². The van der Waals surface area contributed by atoms with Gasteiger partial charge in [0.1, 0.15) is 11.4 Å². The lowest BCUT2D eigenvalue weighted by molar-refractivity contribution is -0.0904. The Balaban J connectivity index is 3.14. The van der Waals surface area contributed by atoms with Crippen LogP contribution in [0.25, 0.3) is 0 Å². The molecule has 20 heavy (non-hydrogen) atoms. The van der Waals surface area contributed by atoms with Crippen LogP contribution >= 0.6 is 0 Å². The van der Waals surface area contributed by atoms with E-state index < -0.39 is 23.8 Å². The van der Waals surface area contributed by atoms with Crippen molar-refractivity contribution in [3.63, 3.8) is 0 Å². The average Bonchev–Trinajstić information content (AvgIpc) is 2.32. The Bertz CT molecular complexity index is 501. The van der Waals surface area contributed by atoms with Crippen molar-refractivity contribution in [1.29, 1.82) is 0 Å². The first-order valence-electron chi connectivity index (χ1n) is 5.14. The minimum atomic E-state index is -4.99. The fourth-order valence-electron chi connectivity index (χ4n) is 1.19. The minimum absolute atomic E-state index is 0.0892. The van der Waals surface area contributed by atoms with Gasteiger partial charge in [0.25, 0.3) is 0 Å². The van der Waals surface area contributed by atoms with Crippen LogP contribution in [-0.4, -0.2) is 30.1 Å². The van der Waals surface area contributed by atoms with Gasteiger partial charge in [-0.05, 0) is 18.2 Å². The van der Waals surface area contributed by atoms with Gasteiger partial charge in [0.05, 0.1) is 11.9 Å². The number of anilines is 1. The molecule has 3 nitrogen and oxygen atoms in total. The number of pyridine rings is 1. The van der Waals surface area contributed by atoms with Crippen molar-refractivity contribution in [3.05, 3.63) is 36.3 Å². The lowest BCUT2D eigenvalue weighted by atomic mass is 10.2. The van der Waals surface area contributed by atoms with E-state index >= 15 is 0 Å². The van der Waals surface area contributed by atoms with Gasteiger partial charge >= 0.3 is 12.4 Å². The molecule has 0 bridgehead atoms. The fraction of sp³-hybridized carbons (Fsp3) is 0.273. The second kappa shape index (κ2) is 5.93. The van der Waals surface area contributed by atoms with Crippen LogP contribution in [0.3, 0.4) is 0 Å². The Morgan fingerprint density at radius 2 is 1.85 bits per heavy atom. The molecule has 0 unspecified atom stereocenters. The highest BCUT2D eigenvalue weighted by atomic mass is 19.4. The number of aromatic nitrogens is 1. The summed E-state index contributed by atoms with van der Waals surface area (Å²) in [6, 6.07) is 2.58. The molecule has 0 fully saturated rings. The minimum Gasteiger partial charge on any atom is -0.350 e. The van der Waals surface area contributed by atoms with Gasteiger partial charge in [0, 0.05) is 13.2 Å². The molecule has 1 heterocycles. The van der Waals surface area contributed by atoms with Crippen molar-refractivity contribution in [2.75, 3.05) is 12.4 Å². The van der Waals surface area contributed by atoms with Gasteiger partial charge in [0.15, 0.2) is 0 Å². The van der Waals surface area contributed by atoms with Crippen molar-refractivity contribution in [3.8, 4) is 0 Å². The molecule has 0 aromatic carbocycles. The van der Waals surface area contributed by atoms with Crippen molar-refractivity contribution in [2.24, 2.45) is 4.99 Å². The standard InChI is InChI=1S/C11H9F6N3/c1-18-8(10(12,13)14)5-9(11(15,16)17)20-7-3-2-4-19-6-7/h2-6,20H,1H3/b9-5-,18-8-. The second-order valence-corrected chi connectivity index (χ2v) is 3.53. The Morgan fingerprint density at radius 1 is 1.20 bits per heavy atom. The molecule has 1 N–H and O–H groups in total. The normalized spacial score (nSPS) is 14.3. The third kappa shape index (κ3) is 4.56. The van der Waals surface area contributed by atoms with Gasteiger partial charge in [-0.1, -0.05) is 0 Å². The molecule has 0 aliphatic carbocycles. The lowest BCUT2D eigenvalue weighted by Crippen LogP contribution is -2.26. The average molecular weight is 297 g/mol. The largest absolute Gasteiger partial charge is 0.432 e. The van der Waals surface area contributed by atoms with E-state index in [1.807, 2.05) is 5.32 Å². The first-order chi connectivity index (χ1) is 9.14. The van der Waals surface area contributed by atoms with E-state index in [1.54, 1.807) is 0 Å². The Kier molecular flexibility index (Phi) is 4.74. The van der Waals surface area contributed by atoms with Crippen molar-refractivity contribution < 1.29 is 26.3 Å². The molecule has 0 atom stereocenters. The first kappa shape index (κ1) is 16.0. The van der Waals surface area contributed by atoms with Crippen LogP contribution in [0, 0.1) is 0 Å². The van der Waals surface area contributed by atoms with Crippen LogP contribution < -0.4 is 5.32 Å². The molecule has 0 aliphatic heterocycles. The summed E-state index contributed by atoms with van der Waals surface area (Å²) in [6.45, 7) is 0. The Hall–Kier alpha value is -2.06. The number of halogens is 6. The van der Waals surface area contributed by atoms with E-state index in [0.29, 0.717) is 0 Å². The van der Waals surface area contributed by atoms with Crippen molar-refractivity contribution in [2.45, 2.75) is 12.4 Å². The summed E-state index contributed by atoms with van der Waals surface area (Å²) >= 11 is 0. The number of hydrogen-bond donors (Lipinski definition) is 1. The van der Waals surface area contributed by atoms with Gasteiger partial charge in [-0.25, -0.2) is 0 Å². The number of allylic oxidation sites excluding steroid dienone is 2. The van der Waals surface area contributed by atoms with E-state index in [-0.39, 0.29) is 11.8 Å². The number of hydrogen-bond acceptors (Lipinski definition) is 3. The molecular weight excluding hydrogens is 288 g/mol. The summed E-state index contributed by atoms with van der Waals surface area (Å²) < 4.78 is 75.4. The first-order valence-corrected chi connectivity index (χ1v) is 5.14. The van der Waals surface area contributed by atoms with Crippen molar-refractivity contribution in [1.82, 2.24) is 4.98 Å². The zero-order valence-electron chi connectivity index (χ0n) is 10.0. The highest BCUT2D eigenvalue weighted by Crippen LogP contribution is 2.29. The monoisotopic (exact) mass is 297 g/mol. The van der Waals surface area contributed by atoms with Gasteiger partial charge in [0.2, 0.25) is 0 Å². The molecule has 0 spiro atoms. The second-order valence-electron chi connectivity index (χ2n) is 3.53. The molecule has 0 amide bonds. The van der Waals surface area contributed by atoms with Crippen LogP contribution in [0.4, 0.5) is 32.0 Å². The fourth-order valence-corrected chi connectivity index (χ4v) is 1.19. The molecular formula is C11H9F6N3. The zero-order valence-corrected chi connectivity index (χ0v) is 10.0. The molecule has 1 rings (SSSR count). The van der Waals surface area contributed by atoms with E-state index in [9.17, 15) is 26.3 Å². The SMILES string of the molecule is C/N=C(/C=C(\Nc1cccnc1)C(F)(F)F)C(F)(F)F. The molecule has 1 aromatic heterocycles. The van der Waals surface area contributed by atoms with Crippen LogP contribution in [0.1, 0.15) is 0 Å². The van der Waals surface area contributed by atoms with E-state index in [0.717, 1.165) is 13.2 Å². The molecule has 1 aromatic rings. The summed E-state index contributed by atoms with van der Waals surface area (Å²) in [5.74, 6) is 0.